The van der Waals surface area contributed by atoms with Crippen molar-refractivity contribution < 1.29 is 19.1 Å². The van der Waals surface area contributed by atoms with E-state index >= 15 is 0 Å². The van der Waals surface area contributed by atoms with E-state index < -0.39 is 17.4 Å². The monoisotopic (exact) mass is 405 g/mol. The Balaban J connectivity index is 1.83. The largest absolute Gasteiger partial charge is 0.497 e. The highest BCUT2D eigenvalue weighted by molar-refractivity contribution is 8.13. The van der Waals surface area contributed by atoms with Crippen LogP contribution in [0.2, 0.25) is 0 Å². The van der Waals surface area contributed by atoms with Gasteiger partial charge in [-0.3, -0.25) is 14.4 Å². The van der Waals surface area contributed by atoms with Crippen molar-refractivity contribution in [1.82, 2.24) is 4.90 Å². The van der Waals surface area contributed by atoms with Crippen molar-refractivity contribution in [2.24, 2.45) is 5.41 Å². The van der Waals surface area contributed by atoms with Crippen LogP contribution in [0.15, 0.2) is 24.3 Å². The molecule has 1 aliphatic rings. The number of carbonyl (C=O) groups is 3. The first-order valence-electron chi connectivity index (χ1n) is 9.95. The standard InChI is InChI=1S/C22H31NO4S/c1-5-22(2,3)19(24)20(25)23-14-6-9-18(23)21(26)28-15-7-8-16-10-12-17(27-4)13-11-16/h10-13,18H,5-9,14-15H2,1-4H3/t18-/m0/s1. The van der Waals surface area contributed by atoms with Crippen LogP contribution in [0.5, 0.6) is 5.75 Å². The van der Waals surface area contributed by atoms with Crippen LogP contribution in [0.3, 0.4) is 0 Å². The number of ketones is 1. The molecule has 0 radical (unpaired) electrons. The molecule has 5 nitrogen and oxygen atoms in total. The van der Waals surface area contributed by atoms with E-state index in [0.717, 1.165) is 25.0 Å². The van der Waals surface area contributed by atoms with Gasteiger partial charge in [-0.25, -0.2) is 0 Å². The molecule has 0 aromatic heterocycles. The third-order valence-corrected chi connectivity index (χ3v) is 6.54. The van der Waals surface area contributed by atoms with Crippen molar-refractivity contribution in [3.8, 4) is 5.75 Å². The summed E-state index contributed by atoms with van der Waals surface area (Å²) >= 11 is 1.28. The lowest BCUT2D eigenvalue weighted by molar-refractivity contribution is -0.150. The molecule has 0 aliphatic carbocycles. The van der Waals surface area contributed by atoms with Crippen LogP contribution in [0.25, 0.3) is 0 Å². The first kappa shape index (κ1) is 22.5. The van der Waals surface area contributed by atoms with Crippen LogP contribution in [-0.4, -0.2) is 47.2 Å². The minimum absolute atomic E-state index is 0.00249. The molecule has 1 atom stereocenters. The van der Waals surface area contributed by atoms with Crippen molar-refractivity contribution in [1.29, 1.82) is 0 Å². The Morgan fingerprint density at radius 1 is 1.21 bits per heavy atom. The van der Waals surface area contributed by atoms with Crippen LogP contribution in [0.1, 0.15) is 52.0 Å². The molecule has 1 amide bonds. The zero-order chi connectivity index (χ0) is 20.7. The summed E-state index contributed by atoms with van der Waals surface area (Å²) in [6, 6.07) is 7.47. The number of nitrogens with zero attached hydrogens (tertiary/aromatic N) is 1. The second kappa shape index (κ2) is 10.1. The number of thioether (sulfide) groups is 1. The molecule has 0 unspecified atom stereocenters. The zero-order valence-electron chi connectivity index (χ0n) is 17.3. The van der Waals surface area contributed by atoms with E-state index in [2.05, 4.69) is 0 Å². The predicted molar refractivity (Wildman–Crippen MR) is 113 cm³/mol. The molecule has 1 heterocycles. The minimum atomic E-state index is -0.682. The van der Waals surface area contributed by atoms with Gasteiger partial charge in [0.1, 0.15) is 11.8 Å². The van der Waals surface area contributed by atoms with Gasteiger partial charge >= 0.3 is 0 Å². The highest BCUT2D eigenvalue weighted by Gasteiger charge is 2.40. The van der Waals surface area contributed by atoms with Crippen molar-refractivity contribution in [2.45, 2.75) is 58.9 Å². The summed E-state index contributed by atoms with van der Waals surface area (Å²) in [5, 5.41) is 0.00249. The average molecular weight is 406 g/mol. The number of hydrogen-bond donors (Lipinski definition) is 0. The Kier molecular flexibility index (Phi) is 8.10. The quantitative estimate of drug-likeness (QED) is 0.461. The first-order valence-corrected chi connectivity index (χ1v) is 10.9. The third-order valence-electron chi connectivity index (χ3n) is 5.49. The maximum atomic E-state index is 12.6. The maximum absolute atomic E-state index is 12.6. The molecule has 1 aliphatic heterocycles. The van der Waals surface area contributed by atoms with E-state index in [1.807, 2.05) is 31.2 Å². The molecule has 6 heteroatoms. The smallest absolute Gasteiger partial charge is 0.291 e. The fraction of sp³-hybridized carbons (Fsp3) is 0.591. The first-order chi connectivity index (χ1) is 13.3. The number of Topliss-reactive ketones (excluding diaryl/α,β-unsaturated/α-hetero) is 1. The minimum Gasteiger partial charge on any atom is -0.497 e. The van der Waals surface area contributed by atoms with Crippen molar-refractivity contribution in [3.63, 3.8) is 0 Å². The van der Waals surface area contributed by atoms with E-state index in [1.165, 1.54) is 22.2 Å². The Hall–Kier alpha value is -1.82. The van der Waals surface area contributed by atoms with E-state index in [1.54, 1.807) is 21.0 Å². The van der Waals surface area contributed by atoms with Crippen LogP contribution in [0.4, 0.5) is 0 Å². The van der Waals surface area contributed by atoms with Crippen LogP contribution >= 0.6 is 11.8 Å². The summed E-state index contributed by atoms with van der Waals surface area (Å²) in [5.41, 5.74) is 0.526. The molecule has 1 saturated heterocycles. The second-order valence-corrected chi connectivity index (χ2v) is 8.94. The topological polar surface area (TPSA) is 63.7 Å². The van der Waals surface area contributed by atoms with Crippen LogP contribution in [0, 0.1) is 5.41 Å². The van der Waals surface area contributed by atoms with Crippen molar-refractivity contribution >= 4 is 28.6 Å². The molecule has 1 aromatic carbocycles. The van der Waals surface area contributed by atoms with Gasteiger partial charge in [0.25, 0.3) is 5.91 Å². The molecule has 1 aromatic rings. The highest BCUT2D eigenvalue weighted by Crippen LogP contribution is 2.28. The normalized spacial score (nSPS) is 16.9. The molecular weight excluding hydrogens is 374 g/mol. The molecule has 1 fully saturated rings. The number of carbonyl (C=O) groups excluding carboxylic acids is 3. The highest BCUT2D eigenvalue weighted by atomic mass is 32.2. The Labute approximate surface area is 172 Å². The van der Waals surface area contributed by atoms with Gasteiger partial charge in [0.05, 0.1) is 7.11 Å². The number of hydrogen-bond acceptors (Lipinski definition) is 5. The van der Waals surface area contributed by atoms with E-state index in [4.69, 9.17) is 4.74 Å². The van der Waals surface area contributed by atoms with Gasteiger partial charge in [0.15, 0.2) is 0 Å². The van der Waals surface area contributed by atoms with E-state index in [-0.39, 0.29) is 10.9 Å². The second-order valence-electron chi connectivity index (χ2n) is 7.84. The Bertz CT molecular complexity index is 699. The molecule has 28 heavy (non-hydrogen) atoms. The lowest BCUT2D eigenvalue weighted by Crippen LogP contribution is -2.47. The number of benzene rings is 1. The van der Waals surface area contributed by atoms with Crippen molar-refractivity contribution in [2.75, 3.05) is 19.4 Å². The van der Waals surface area contributed by atoms with Gasteiger partial charge in [-0.1, -0.05) is 44.7 Å². The number of aryl methyl sites for hydroxylation is 1. The van der Waals surface area contributed by atoms with Gasteiger partial charge in [0, 0.05) is 17.7 Å². The number of rotatable bonds is 9. The Morgan fingerprint density at radius 3 is 2.50 bits per heavy atom. The van der Waals surface area contributed by atoms with Gasteiger partial charge in [-0.15, -0.1) is 0 Å². The van der Waals surface area contributed by atoms with E-state index in [9.17, 15) is 14.4 Å². The van der Waals surface area contributed by atoms with Crippen LogP contribution < -0.4 is 4.74 Å². The van der Waals surface area contributed by atoms with E-state index in [0.29, 0.717) is 25.1 Å². The average Bonchev–Trinajstić information content (AvgIpc) is 3.20. The fourth-order valence-electron chi connectivity index (χ4n) is 3.17. The number of ether oxygens (including phenoxy) is 1. The lowest BCUT2D eigenvalue weighted by Gasteiger charge is -2.27. The number of amides is 1. The molecule has 2 rings (SSSR count). The fourth-order valence-corrected chi connectivity index (χ4v) is 4.10. The summed E-state index contributed by atoms with van der Waals surface area (Å²) in [6.45, 7) is 5.96. The summed E-state index contributed by atoms with van der Waals surface area (Å²) in [4.78, 5) is 39.3. The number of likely N-dealkylation sites (tertiary alicyclic amines) is 1. The van der Waals surface area contributed by atoms with Gasteiger partial charge < -0.3 is 9.64 Å². The molecule has 0 bridgehead atoms. The van der Waals surface area contributed by atoms with Gasteiger partial charge in [-0.2, -0.15) is 0 Å². The van der Waals surface area contributed by atoms with Gasteiger partial charge in [0.2, 0.25) is 10.9 Å². The molecule has 0 spiro atoms. The third kappa shape index (κ3) is 5.60. The predicted octanol–water partition coefficient (Wildman–Crippen LogP) is 3.88. The Morgan fingerprint density at radius 2 is 1.89 bits per heavy atom. The summed E-state index contributed by atoms with van der Waals surface area (Å²) < 4.78 is 5.15. The summed E-state index contributed by atoms with van der Waals surface area (Å²) in [6.07, 6.45) is 3.79. The SMILES string of the molecule is CCC(C)(C)C(=O)C(=O)N1CCC[C@H]1C(=O)SCCCc1ccc(OC)cc1. The lowest BCUT2D eigenvalue weighted by atomic mass is 9.84. The molecular formula is C22H31NO4S. The summed E-state index contributed by atoms with van der Waals surface area (Å²) in [5.74, 6) is 0.651. The number of methoxy groups -OCH3 is 1. The summed E-state index contributed by atoms with van der Waals surface area (Å²) in [7, 11) is 1.64. The van der Waals surface area contributed by atoms with Crippen molar-refractivity contribution in [3.05, 3.63) is 29.8 Å². The maximum Gasteiger partial charge on any atom is 0.291 e. The molecule has 0 saturated carbocycles. The van der Waals surface area contributed by atoms with Gasteiger partial charge in [-0.05, 0) is 49.8 Å². The van der Waals surface area contributed by atoms with Crippen LogP contribution in [-0.2, 0) is 20.8 Å². The molecule has 0 N–H and O–H groups in total. The molecule has 154 valence electrons. The zero-order valence-corrected chi connectivity index (χ0v) is 18.1.